The zero-order valence-corrected chi connectivity index (χ0v) is 16.1. The Morgan fingerprint density at radius 1 is 1.00 bits per heavy atom. The number of aromatic amines is 1. The summed E-state index contributed by atoms with van der Waals surface area (Å²) >= 11 is 0. The summed E-state index contributed by atoms with van der Waals surface area (Å²) in [6, 6.07) is 20.3. The molecular weight excluding hydrogens is 348 g/mol. The predicted molar refractivity (Wildman–Crippen MR) is 114 cm³/mol. The van der Waals surface area contributed by atoms with Gasteiger partial charge in [0.1, 0.15) is 0 Å². The third-order valence-electron chi connectivity index (χ3n) is 4.48. The molecule has 2 heterocycles. The van der Waals surface area contributed by atoms with Crippen LogP contribution in [-0.4, -0.2) is 27.6 Å². The van der Waals surface area contributed by atoms with Crippen molar-refractivity contribution in [3.05, 3.63) is 72.4 Å². The first kappa shape index (κ1) is 18.0. The molecule has 0 fully saturated rings. The number of nitrogens with zero attached hydrogens (tertiary/aromatic N) is 2. The van der Waals surface area contributed by atoms with Gasteiger partial charge in [-0.25, -0.2) is 4.98 Å². The zero-order valence-electron chi connectivity index (χ0n) is 16.1. The highest BCUT2D eigenvalue weighted by atomic mass is 16.5. The monoisotopic (exact) mass is 372 g/mol. The molecule has 0 saturated heterocycles. The molecule has 0 spiro atoms. The number of anilines is 1. The van der Waals surface area contributed by atoms with Gasteiger partial charge in [-0.2, -0.15) is 4.98 Å². The van der Waals surface area contributed by atoms with Crippen molar-refractivity contribution in [3.63, 3.8) is 0 Å². The SMILES string of the molecule is CC(C)Oc1cc(-c2ccccc2)nc(NCCc2c[nH]c3ccccc23)n1. The maximum atomic E-state index is 5.83. The summed E-state index contributed by atoms with van der Waals surface area (Å²) < 4.78 is 5.83. The lowest BCUT2D eigenvalue weighted by atomic mass is 10.1. The van der Waals surface area contributed by atoms with Gasteiger partial charge < -0.3 is 15.0 Å². The second-order valence-electron chi connectivity index (χ2n) is 6.98. The first-order valence-electron chi connectivity index (χ1n) is 9.59. The van der Waals surface area contributed by atoms with Crippen LogP contribution >= 0.6 is 0 Å². The number of hydrogen-bond acceptors (Lipinski definition) is 4. The lowest BCUT2D eigenvalue weighted by Crippen LogP contribution is -2.11. The molecular formula is C23H24N4O. The van der Waals surface area contributed by atoms with E-state index in [1.165, 1.54) is 10.9 Å². The molecule has 28 heavy (non-hydrogen) atoms. The van der Waals surface area contributed by atoms with Crippen LogP contribution in [0.1, 0.15) is 19.4 Å². The maximum absolute atomic E-state index is 5.83. The number of ether oxygens (including phenoxy) is 1. The maximum Gasteiger partial charge on any atom is 0.226 e. The lowest BCUT2D eigenvalue weighted by Gasteiger charge is -2.13. The Morgan fingerprint density at radius 3 is 2.61 bits per heavy atom. The number of benzene rings is 2. The van der Waals surface area contributed by atoms with Gasteiger partial charge in [-0.3, -0.25) is 0 Å². The highest BCUT2D eigenvalue weighted by molar-refractivity contribution is 5.83. The van der Waals surface area contributed by atoms with Gasteiger partial charge in [-0.05, 0) is 31.9 Å². The molecule has 5 nitrogen and oxygen atoms in total. The van der Waals surface area contributed by atoms with E-state index in [2.05, 4.69) is 44.7 Å². The molecule has 5 heteroatoms. The fourth-order valence-electron chi connectivity index (χ4n) is 3.21. The van der Waals surface area contributed by atoms with Crippen molar-refractivity contribution in [1.82, 2.24) is 15.0 Å². The number of para-hydroxylation sites is 1. The van der Waals surface area contributed by atoms with Crippen molar-refractivity contribution < 1.29 is 4.74 Å². The Balaban J connectivity index is 1.53. The van der Waals surface area contributed by atoms with Crippen LogP contribution in [-0.2, 0) is 6.42 Å². The van der Waals surface area contributed by atoms with Crippen LogP contribution in [0.3, 0.4) is 0 Å². The van der Waals surface area contributed by atoms with Crippen LogP contribution in [0.2, 0.25) is 0 Å². The number of fused-ring (bicyclic) bond motifs is 1. The van der Waals surface area contributed by atoms with E-state index in [-0.39, 0.29) is 6.10 Å². The fourth-order valence-corrected chi connectivity index (χ4v) is 3.21. The molecule has 4 rings (SSSR count). The number of H-pyrrole nitrogens is 1. The molecule has 2 aromatic heterocycles. The van der Waals surface area contributed by atoms with E-state index < -0.39 is 0 Å². The van der Waals surface area contributed by atoms with Gasteiger partial charge >= 0.3 is 0 Å². The number of rotatable bonds is 7. The molecule has 0 aliphatic heterocycles. The molecule has 0 atom stereocenters. The molecule has 142 valence electrons. The molecule has 2 aromatic carbocycles. The van der Waals surface area contributed by atoms with E-state index in [1.807, 2.05) is 56.3 Å². The quantitative estimate of drug-likeness (QED) is 0.476. The largest absolute Gasteiger partial charge is 0.475 e. The minimum atomic E-state index is 0.0533. The molecule has 0 radical (unpaired) electrons. The van der Waals surface area contributed by atoms with Crippen molar-refractivity contribution in [1.29, 1.82) is 0 Å². The minimum absolute atomic E-state index is 0.0533. The highest BCUT2D eigenvalue weighted by Crippen LogP contribution is 2.23. The van der Waals surface area contributed by atoms with Crippen LogP contribution in [0.5, 0.6) is 5.88 Å². The Hall–Kier alpha value is -3.34. The van der Waals surface area contributed by atoms with Gasteiger partial charge in [0.15, 0.2) is 0 Å². The van der Waals surface area contributed by atoms with Crippen molar-refractivity contribution in [2.75, 3.05) is 11.9 Å². The normalized spacial score (nSPS) is 11.1. The Morgan fingerprint density at radius 2 is 1.79 bits per heavy atom. The molecule has 2 N–H and O–H groups in total. The van der Waals surface area contributed by atoms with Gasteiger partial charge in [0.2, 0.25) is 11.8 Å². The van der Waals surface area contributed by atoms with Crippen molar-refractivity contribution in [2.24, 2.45) is 0 Å². The predicted octanol–water partition coefficient (Wildman–Crippen LogP) is 5.07. The number of aromatic nitrogens is 3. The summed E-state index contributed by atoms with van der Waals surface area (Å²) in [4.78, 5) is 12.5. The fraction of sp³-hybridized carbons (Fsp3) is 0.217. The first-order chi connectivity index (χ1) is 13.7. The van der Waals surface area contributed by atoms with Gasteiger partial charge in [-0.15, -0.1) is 0 Å². The average molecular weight is 372 g/mol. The smallest absolute Gasteiger partial charge is 0.226 e. The molecule has 0 unspecified atom stereocenters. The van der Waals surface area contributed by atoms with Gasteiger partial charge in [-0.1, -0.05) is 48.5 Å². The molecule has 0 bridgehead atoms. The second-order valence-corrected chi connectivity index (χ2v) is 6.98. The van der Waals surface area contributed by atoms with E-state index in [4.69, 9.17) is 4.74 Å². The minimum Gasteiger partial charge on any atom is -0.475 e. The van der Waals surface area contributed by atoms with E-state index in [9.17, 15) is 0 Å². The van der Waals surface area contributed by atoms with Crippen LogP contribution < -0.4 is 10.1 Å². The Labute approximate surface area is 164 Å². The van der Waals surface area contributed by atoms with Crippen molar-refractivity contribution >= 4 is 16.9 Å². The third-order valence-corrected chi connectivity index (χ3v) is 4.48. The molecule has 0 amide bonds. The summed E-state index contributed by atoms with van der Waals surface area (Å²) in [5, 5.41) is 4.61. The Kier molecular flexibility index (Phi) is 5.24. The van der Waals surface area contributed by atoms with Gasteiger partial charge in [0.05, 0.1) is 11.8 Å². The summed E-state index contributed by atoms with van der Waals surface area (Å²) in [5.41, 5.74) is 4.33. The van der Waals surface area contributed by atoms with Gasteiger partial charge in [0.25, 0.3) is 0 Å². The Bertz CT molecular complexity index is 1060. The van der Waals surface area contributed by atoms with E-state index in [0.717, 1.165) is 29.7 Å². The van der Waals surface area contributed by atoms with E-state index in [1.54, 1.807) is 0 Å². The van der Waals surface area contributed by atoms with Crippen LogP contribution in [0, 0.1) is 0 Å². The number of hydrogen-bond donors (Lipinski definition) is 2. The first-order valence-corrected chi connectivity index (χ1v) is 9.59. The van der Waals surface area contributed by atoms with Crippen LogP contribution in [0.4, 0.5) is 5.95 Å². The van der Waals surface area contributed by atoms with Crippen molar-refractivity contribution in [3.8, 4) is 17.1 Å². The topological polar surface area (TPSA) is 62.8 Å². The average Bonchev–Trinajstić information content (AvgIpc) is 3.11. The summed E-state index contributed by atoms with van der Waals surface area (Å²) in [6.45, 7) is 4.73. The number of nitrogens with one attached hydrogen (secondary N) is 2. The molecule has 0 aliphatic rings. The molecule has 0 saturated carbocycles. The van der Waals surface area contributed by atoms with E-state index >= 15 is 0 Å². The summed E-state index contributed by atoms with van der Waals surface area (Å²) in [6.07, 6.45) is 3.00. The van der Waals surface area contributed by atoms with Gasteiger partial charge in [0, 0.05) is 35.3 Å². The summed E-state index contributed by atoms with van der Waals surface area (Å²) in [5.74, 6) is 1.16. The standard InChI is InChI=1S/C23H24N4O/c1-16(2)28-22-14-21(17-8-4-3-5-9-17)26-23(27-22)24-13-12-18-15-25-20-11-7-6-10-19(18)20/h3-11,14-16,25H,12-13H2,1-2H3,(H,24,26,27). The second kappa shape index (κ2) is 8.13. The molecule has 4 aromatic rings. The van der Waals surface area contributed by atoms with E-state index in [0.29, 0.717) is 11.8 Å². The van der Waals surface area contributed by atoms with Crippen LogP contribution in [0.15, 0.2) is 66.9 Å². The van der Waals surface area contributed by atoms with Crippen LogP contribution in [0.25, 0.3) is 22.2 Å². The third kappa shape index (κ3) is 4.14. The summed E-state index contributed by atoms with van der Waals surface area (Å²) in [7, 11) is 0. The van der Waals surface area contributed by atoms with Crippen molar-refractivity contribution in [2.45, 2.75) is 26.4 Å². The lowest BCUT2D eigenvalue weighted by molar-refractivity contribution is 0.232. The highest BCUT2D eigenvalue weighted by Gasteiger charge is 2.09. The molecule has 0 aliphatic carbocycles. The zero-order chi connectivity index (χ0) is 19.3.